The van der Waals surface area contributed by atoms with Crippen LogP contribution >= 0.6 is 0 Å². The quantitative estimate of drug-likeness (QED) is 0.0925. The largest absolute Gasteiger partial charge is 0.481 e. The lowest BCUT2D eigenvalue weighted by Gasteiger charge is -2.67. The molecule has 7 rings (SSSR count). The Labute approximate surface area is 403 Å². The van der Waals surface area contributed by atoms with Crippen LogP contribution in [0.15, 0.2) is 102 Å². The van der Waals surface area contributed by atoms with E-state index in [1.165, 1.54) is 52.0 Å². The number of esters is 5. The molecule has 1 heterocycles. The summed E-state index contributed by atoms with van der Waals surface area (Å²) in [5, 5.41) is 38.1. The highest BCUT2D eigenvalue weighted by atomic mass is 16.6. The van der Waals surface area contributed by atoms with E-state index in [1.807, 2.05) is 0 Å². The molecule has 2 saturated carbocycles. The minimum atomic E-state index is -2.49. The molecule has 0 spiro atoms. The number of ether oxygens (including phenoxy) is 6. The van der Waals surface area contributed by atoms with E-state index in [0.29, 0.717) is 0 Å². The molecule has 372 valence electrons. The van der Waals surface area contributed by atoms with Crippen molar-refractivity contribution in [2.75, 3.05) is 6.61 Å². The lowest BCUT2D eigenvalue weighted by atomic mass is 9.44. The second-order valence-corrected chi connectivity index (χ2v) is 19.1. The zero-order valence-corrected chi connectivity index (χ0v) is 39.6. The number of carbonyl (C=O) groups excluding carboxylic acids is 7. The van der Waals surface area contributed by atoms with Crippen LogP contribution in [0.2, 0.25) is 0 Å². The number of nitrogens with one attached hydrogen (secondary N) is 1. The predicted octanol–water partition coefficient (Wildman–Crippen LogP) is 4.54. The molecular weight excluding hydrogens is 911 g/mol. The maximum Gasteiger partial charge on any atom is 0.350 e. The van der Waals surface area contributed by atoms with E-state index in [4.69, 9.17) is 28.4 Å². The third-order valence-corrected chi connectivity index (χ3v) is 14.5. The van der Waals surface area contributed by atoms with E-state index in [1.54, 1.807) is 66.7 Å². The number of aliphatic carboxylic acids is 1. The number of hydrogen-bond donors (Lipinski definition) is 4. The van der Waals surface area contributed by atoms with E-state index < -0.39 is 137 Å². The van der Waals surface area contributed by atoms with Crippen LogP contribution in [0.1, 0.15) is 106 Å². The molecule has 18 heteroatoms. The van der Waals surface area contributed by atoms with Crippen LogP contribution in [-0.4, -0.2) is 117 Å². The van der Waals surface area contributed by atoms with Crippen LogP contribution < -0.4 is 5.32 Å². The molecule has 0 aromatic heterocycles. The van der Waals surface area contributed by atoms with Gasteiger partial charge in [-0.2, -0.15) is 0 Å². The van der Waals surface area contributed by atoms with Gasteiger partial charge >= 0.3 is 35.8 Å². The first-order chi connectivity index (χ1) is 33.1. The molecule has 70 heavy (non-hydrogen) atoms. The first-order valence-corrected chi connectivity index (χ1v) is 23.0. The van der Waals surface area contributed by atoms with Gasteiger partial charge in [-0.15, -0.1) is 0 Å². The number of amides is 1. The molecule has 3 aliphatic carbocycles. The SMILES string of the molecule is CC(=O)O[C@H]1C(=O)[C@@]2(C)[C@H]([C@H](OC(=O)c3ccccc3)[C@]3(O)CC(OC(=O)[C@H](OC(=O)CCCC(=O)O)[C@@H](NC(=O)c4ccccc4)c4ccccc4)C(C)=C1C3(C)C)[C@]1(OC(C)=O)CO[C@@H]1C[C@@H]2O. The topological polar surface area (TPSA) is 265 Å². The fourth-order valence-corrected chi connectivity index (χ4v) is 10.9. The Morgan fingerprint density at radius 3 is 1.97 bits per heavy atom. The van der Waals surface area contributed by atoms with Crippen molar-refractivity contribution in [1.82, 2.24) is 5.32 Å². The van der Waals surface area contributed by atoms with Crippen molar-refractivity contribution in [3.8, 4) is 0 Å². The first kappa shape index (κ1) is 51.1. The molecule has 18 nitrogen and oxygen atoms in total. The summed E-state index contributed by atoms with van der Waals surface area (Å²) >= 11 is 0. The number of Topliss-reactive ketones (excluding diaryl/α,β-unsaturated/α-hetero) is 1. The molecule has 3 fully saturated rings. The number of benzene rings is 3. The molecule has 1 unspecified atom stereocenters. The van der Waals surface area contributed by atoms with E-state index >= 15 is 9.59 Å². The van der Waals surface area contributed by atoms with Gasteiger partial charge in [0, 0.05) is 50.5 Å². The average molecular weight is 968 g/mol. The van der Waals surface area contributed by atoms with E-state index in [9.17, 15) is 44.1 Å². The highest BCUT2D eigenvalue weighted by Gasteiger charge is 2.78. The van der Waals surface area contributed by atoms with Crippen molar-refractivity contribution in [1.29, 1.82) is 0 Å². The van der Waals surface area contributed by atoms with Crippen molar-refractivity contribution in [2.24, 2.45) is 16.7 Å². The molecule has 11 atom stereocenters. The first-order valence-electron chi connectivity index (χ1n) is 23.0. The van der Waals surface area contributed by atoms with Crippen molar-refractivity contribution in [2.45, 2.75) is 128 Å². The smallest absolute Gasteiger partial charge is 0.350 e. The Balaban J connectivity index is 1.41. The Bertz CT molecular complexity index is 2560. The molecule has 3 aromatic rings. The maximum absolute atomic E-state index is 15.7. The van der Waals surface area contributed by atoms with Crippen molar-refractivity contribution >= 4 is 47.5 Å². The van der Waals surface area contributed by atoms with Crippen molar-refractivity contribution in [3.05, 3.63) is 119 Å². The standard InChI is InChI=1S/C52H57NO17/c1-28-34(67-48(63)42(68-38(59)24-16-23-37(57)58)40(31-17-10-7-11-18-31)53-46(61)32-19-12-8-13-20-32)26-52(64)45(69-47(62)33-21-14-9-15-22-33)43-50(6,35(56)25-36-51(43,27-65-36)70-30(3)55)44(60)41(66-29(2)54)39(28)49(52,4)5/h7-15,17-22,34-36,40-43,45,56,64H,16,23-27H2,1-6H3,(H,53,61)(H,57,58)/t34?,35-,36+,40-,41+,42+,43-,45-,50+,51-,52+/m0/s1. The Hall–Kier alpha value is -6.76. The zero-order chi connectivity index (χ0) is 50.9. The lowest BCUT2D eigenvalue weighted by molar-refractivity contribution is -0.346. The second kappa shape index (κ2) is 19.9. The van der Waals surface area contributed by atoms with E-state index in [2.05, 4.69) is 5.32 Å². The van der Waals surface area contributed by atoms with Gasteiger partial charge < -0.3 is 49.1 Å². The maximum atomic E-state index is 15.7. The van der Waals surface area contributed by atoms with Gasteiger partial charge in [-0.05, 0) is 61.2 Å². The number of carboxylic acid groups (broad SMARTS) is 1. The van der Waals surface area contributed by atoms with Gasteiger partial charge in [0.05, 0.1) is 29.6 Å². The summed E-state index contributed by atoms with van der Waals surface area (Å²) in [5.74, 6) is -9.41. The molecule has 0 radical (unpaired) electrons. The summed E-state index contributed by atoms with van der Waals surface area (Å²) in [6.07, 6.45) is -12.0. The molecule has 4 aliphatic rings. The Morgan fingerprint density at radius 2 is 1.41 bits per heavy atom. The van der Waals surface area contributed by atoms with Gasteiger partial charge in [0.15, 0.2) is 17.5 Å². The van der Waals surface area contributed by atoms with Gasteiger partial charge in [-0.1, -0.05) is 80.6 Å². The number of carbonyl (C=O) groups is 8. The molecule has 4 N–H and O–H groups in total. The fourth-order valence-electron chi connectivity index (χ4n) is 10.9. The van der Waals surface area contributed by atoms with Crippen molar-refractivity contribution in [3.63, 3.8) is 0 Å². The zero-order valence-electron chi connectivity index (χ0n) is 39.6. The second-order valence-electron chi connectivity index (χ2n) is 19.1. The monoisotopic (exact) mass is 967 g/mol. The molecule has 2 bridgehead atoms. The van der Waals surface area contributed by atoms with Crippen LogP contribution in [0.25, 0.3) is 0 Å². The average Bonchev–Trinajstić information content (AvgIpc) is 3.31. The molecular formula is C52H57NO17. The number of aliphatic hydroxyl groups excluding tert-OH is 1. The molecule has 3 aromatic carbocycles. The van der Waals surface area contributed by atoms with Crippen LogP contribution in [0.5, 0.6) is 0 Å². The van der Waals surface area contributed by atoms with Gasteiger partial charge in [-0.3, -0.25) is 28.8 Å². The summed E-state index contributed by atoms with van der Waals surface area (Å²) < 4.78 is 36.5. The molecule has 1 saturated heterocycles. The highest BCUT2D eigenvalue weighted by molar-refractivity contribution is 5.96. The number of ketones is 1. The van der Waals surface area contributed by atoms with Gasteiger partial charge in [-0.25, -0.2) is 9.59 Å². The lowest BCUT2D eigenvalue weighted by Crippen LogP contribution is -2.82. The third-order valence-electron chi connectivity index (χ3n) is 14.5. The van der Waals surface area contributed by atoms with Crippen LogP contribution in [-0.2, 0) is 57.2 Å². The fraction of sp³-hybridized carbons (Fsp3) is 0.462. The number of fused-ring (bicyclic) bond motifs is 5. The van der Waals surface area contributed by atoms with E-state index in [0.717, 1.165) is 13.8 Å². The summed E-state index contributed by atoms with van der Waals surface area (Å²) in [4.78, 5) is 110. The Kier molecular flexibility index (Phi) is 14.5. The van der Waals surface area contributed by atoms with E-state index in [-0.39, 0.29) is 47.3 Å². The van der Waals surface area contributed by atoms with Crippen LogP contribution in [0.3, 0.4) is 0 Å². The molecule has 1 amide bonds. The predicted molar refractivity (Wildman–Crippen MR) is 243 cm³/mol. The van der Waals surface area contributed by atoms with Gasteiger partial charge in [0.25, 0.3) is 5.91 Å². The Morgan fingerprint density at radius 1 is 0.814 bits per heavy atom. The third kappa shape index (κ3) is 9.34. The van der Waals surface area contributed by atoms with Crippen LogP contribution in [0, 0.1) is 16.7 Å². The number of carboxylic acids is 1. The van der Waals surface area contributed by atoms with Crippen molar-refractivity contribution < 1.29 is 82.1 Å². The summed E-state index contributed by atoms with van der Waals surface area (Å²) in [6.45, 7) is 7.73. The van der Waals surface area contributed by atoms with Gasteiger partial charge in [0.1, 0.15) is 30.0 Å². The van der Waals surface area contributed by atoms with Gasteiger partial charge in [0.2, 0.25) is 6.10 Å². The normalized spacial score (nSPS) is 29.4. The summed E-state index contributed by atoms with van der Waals surface area (Å²) in [5.41, 5.74) is -7.67. The summed E-state index contributed by atoms with van der Waals surface area (Å²) in [7, 11) is 0. The minimum Gasteiger partial charge on any atom is -0.481 e. The number of aliphatic hydroxyl groups is 2. The minimum absolute atomic E-state index is 0.0272. The molecule has 1 aliphatic heterocycles. The highest BCUT2D eigenvalue weighted by Crippen LogP contribution is 2.64. The summed E-state index contributed by atoms with van der Waals surface area (Å²) in [6, 6.07) is 22.3. The number of rotatable bonds is 15. The number of hydrogen-bond acceptors (Lipinski definition) is 16. The van der Waals surface area contributed by atoms with Crippen LogP contribution in [0.4, 0.5) is 0 Å².